The van der Waals surface area contributed by atoms with E-state index in [1.165, 1.54) is 11.8 Å². The van der Waals surface area contributed by atoms with Crippen molar-refractivity contribution in [3.8, 4) is 5.75 Å². The van der Waals surface area contributed by atoms with Crippen molar-refractivity contribution in [1.82, 2.24) is 4.90 Å². The van der Waals surface area contributed by atoms with Gasteiger partial charge in [0.05, 0.1) is 19.3 Å². The number of methoxy groups -OCH3 is 2. The highest BCUT2D eigenvalue weighted by Gasteiger charge is 2.54. The Kier molecular flexibility index (Phi) is 9.14. The van der Waals surface area contributed by atoms with Gasteiger partial charge in [0.2, 0.25) is 0 Å². The molecule has 3 aliphatic rings. The molecule has 0 spiro atoms. The SMILES string of the molecule is COc1ccc(CN2C(=O)SC[C@H]2[C@@]2(OC)C[C@H]3C[C@@H](CCCC=CCC/C(C)=C\C(=O)O3)O2)cc1. The first-order chi connectivity index (χ1) is 17.4. The Balaban J connectivity index is 1.58. The van der Waals surface area contributed by atoms with Gasteiger partial charge in [0.25, 0.3) is 5.24 Å². The molecule has 0 saturated carbocycles. The van der Waals surface area contributed by atoms with Crippen LogP contribution in [0.3, 0.4) is 0 Å². The minimum atomic E-state index is -1.05. The number of thioether (sulfide) groups is 1. The topological polar surface area (TPSA) is 74.3 Å². The quantitative estimate of drug-likeness (QED) is 0.371. The Morgan fingerprint density at radius 3 is 2.64 bits per heavy atom. The zero-order valence-corrected chi connectivity index (χ0v) is 22.3. The summed E-state index contributed by atoms with van der Waals surface area (Å²) in [6.45, 7) is 2.41. The average molecular weight is 516 g/mol. The molecule has 4 atom stereocenters. The fraction of sp³-hybridized carbons (Fsp3) is 0.571. The van der Waals surface area contributed by atoms with Crippen molar-refractivity contribution in [2.75, 3.05) is 20.0 Å². The number of hydrogen-bond acceptors (Lipinski definition) is 7. The van der Waals surface area contributed by atoms with Crippen molar-refractivity contribution in [3.63, 3.8) is 0 Å². The van der Waals surface area contributed by atoms with Crippen LogP contribution in [0.1, 0.15) is 57.4 Å². The molecule has 0 radical (unpaired) electrons. The summed E-state index contributed by atoms with van der Waals surface area (Å²) >= 11 is 1.28. The standard InChI is InChI=1S/C28H37NO6S/c1-20-9-7-5-4-6-8-10-23-16-24(34-26(30)15-20)17-28(33-3,35-23)25-19-36-27(31)29(25)18-21-11-13-22(32-2)14-12-21/h4-5,11-15,23-25H,6-10,16-19H2,1-3H3/b5-4?,20-15-/t23-,24-,25+,28-/m1/s1. The number of esters is 1. The Bertz CT molecular complexity index is 977. The third-order valence-corrected chi connectivity index (χ3v) is 8.12. The van der Waals surface area contributed by atoms with E-state index in [-0.39, 0.29) is 29.5 Å². The van der Waals surface area contributed by atoms with Crippen LogP contribution in [0.4, 0.5) is 4.79 Å². The number of rotatable bonds is 5. The summed E-state index contributed by atoms with van der Waals surface area (Å²) in [4.78, 5) is 27.5. The highest BCUT2D eigenvalue weighted by molar-refractivity contribution is 8.13. The zero-order chi connectivity index (χ0) is 25.5. The fourth-order valence-electron chi connectivity index (χ4n) is 5.22. The number of fused-ring (bicyclic) bond motifs is 2. The molecule has 4 rings (SSSR count). The molecule has 3 aliphatic heterocycles. The molecule has 1 aromatic rings. The van der Waals surface area contributed by atoms with Gasteiger partial charge in [-0.2, -0.15) is 0 Å². The fourth-order valence-corrected chi connectivity index (χ4v) is 6.31. The van der Waals surface area contributed by atoms with Gasteiger partial charge in [-0.25, -0.2) is 4.79 Å². The Labute approximate surface area is 218 Å². The Morgan fingerprint density at radius 2 is 1.89 bits per heavy atom. The minimum absolute atomic E-state index is 0.00246. The first kappa shape index (κ1) is 26.8. The number of ether oxygens (including phenoxy) is 4. The Hall–Kier alpha value is -2.29. The predicted molar refractivity (Wildman–Crippen MR) is 140 cm³/mol. The van der Waals surface area contributed by atoms with Gasteiger partial charge in [-0.1, -0.05) is 41.6 Å². The molecule has 0 unspecified atom stereocenters. The monoisotopic (exact) mass is 515 g/mol. The molecule has 1 amide bonds. The van der Waals surface area contributed by atoms with Crippen molar-refractivity contribution in [2.24, 2.45) is 0 Å². The van der Waals surface area contributed by atoms with E-state index in [1.807, 2.05) is 36.1 Å². The van der Waals surface area contributed by atoms with Crippen LogP contribution in [0.25, 0.3) is 0 Å². The van der Waals surface area contributed by atoms with Gasteiger partial charge in [0.15, 0.2) is 5.79 Å². The second-order valence-corrected chi connectivity index (χ2v) is 10.7. The van der Waals surface area contributed by atoms with Crippen molar-refractivity contribution in [1.29, 1.82) is 0 Å². The highest BCUT2D eigenvalue weighted by atomic mass is 32.2. The predicted octanol–water partition coefficient (Wildman–Crippen LogP) is 5.63. The van der Waals surface area contributed by atoms with Crippen LogP contribution < -0.4 is 4.74 Å². The first-order valence-electron chi connectivity index (χ1n) is 12.7. The van der Waals surface area contributed by atoms with E-state index in [1.54, 1.807) is 20.3 Å². The van der Waals surface area contributed by atoms with Crippen LogP contribution in [0.2, 0.25) is 0 Å². The van der Waals surface area contributed by atoms with Crippen LogP contribution >= 0.6 is 11.8 Å². The van der Waals surface area contributed by atoms with E-state index in [9.17, 15) is 9.59 Å². The maximum absolute atomic E-state index is 13.0. The number of nitrogens with zero attached hydrogens (tertiary/aromatic N) is 1. The van der Waals surface area contributed by atoms with Gasteiger partial charge in [0, 0.05) is 38.3 Å². The molecule has 2 bridgehead atoms. The third kappa shape index (κ3) is 6.52. The van der Waals surface area contributed by atoms with E-state index in [4.69, 9.17) is 18.9 Å². The van der Waals surface area contributed by atoms with Crippen LogP contribution in [0, 0.1) is 0 Å². The molecule has 0 aromatic heterocycles. The molecular formula is C28H37NO6S. The van der Waals surface area contributed by atoms with Crippen molar-refractivity contribution >= 4 is 23.0 Å². The second-order valence-electron chi connectivity index (χ2n) is 9.75. The second kappa shape index (κ2) is 12.3. The van der Waals surface area contributed by atoms with Crippen LogP contribution in [0.5, 0.6) is 5.75 Å². The van der Waals surface area contributed by atoms with E-state index in [0.717, 1.165) is 49.0 Å². The lowest BCUT2D eigenvalue weighted by Crippen LogP contribution is -2.60. The van der Waals surface area contributed by atoms with E-state index in [2.05, 4.69) is 12.2 Å². The van der Waals surface area contributed by atoms with Gasteiger partial charge in [0.1, 0.15) is 11.9 Å². The molecule has 2 saturated heterocycles. The smallest absolute Gasteiger partial charge is 0.330 e. The molecule has 0 aliphatic carbocycles. The van der Waals surface area contributed by atoms with Gasteiger partial charge < -0.3 is 23.8 Å². The number of benzene rings is 1. The van der Waals surface area contributed by atoms with Gasteiger partial charge in [-0.05, 0) is 56.7 Å². The molecule has 196 valence electrons. The van der Waals surface area contributed by atoms with Crippen LogP contribution in [0.15, 0.2) is 48.1 Å². The molecule has 36 heavy (non-hydrogen) atoms. The lowest BCUT2D eigenvalue weighted by atomic mass is 9.90. The lowest BCUT2D eigenvalue weighted by molar-refractivity contribution is -0.305. The average Bonchev–Trinajstić information content (AvgIpc) is 3.23. The first-order valence-corrected chi connectivity index (χ1v) is 13.7. The summed E-state index contributed by atoms with van der Waals surface area (Å²) < 4.78 is 24.0. The van der Waals surface area contributed by atoms with E-state index in [0.29, 0.717) is 25.1 Å². The number of carbonyl (C=O) groups excluding carboxylic acids is 2. The van der Waals surface area contributed by atoms with Gasteiger partial charge in [-0.3, -0.25) is 4.79 Å². The van der Waals surface area contributed by atoms with Crippen LogP contribution in [-0.4, -0.2) is 60.1 Å². The van der Waals surface area contributed by atoms with Crippen molar-refractivity contribution < 1.29 is 28.5 Å². The number of carbonyl (C=O) groups is 2. The number of amides is 1. The van der Waals surface area contributed by atoms with E-state index < -0.39 is 5.79 Å². The van der Waals surface area contributed by atoms with Crippen molar-refractivity contribution in [2.45, 2.75) is 82.5 Å². The molecule has 7 nitrogen and oxygen atoms in total. The summed E-state index contributed by atoms with van der Waals surface area (Å²) in [5.74, 6) is -0.0489. The number of hydrogen-bond donors (Lipinski definition) is 0. The molecular weight excluding hydrogens is 478 g/mol. The zero-order valence-electron chi connectivity index (χ0n) is 21.4. The maximum atomic E-state index is 13.0. The summed E-state index contributed by atoms with van der Waals surface area (Å²) in [6.07, 6.45) is 11.1. The minimum Gasteiger partial charge on any atom is -0.497 e. The van der Waals surface area contributed by atoms with Gasteiger partial charge in [-0.15, -0.1) is 0 Å². The third-order valence-electron chi connectivity index (χ3n) is 7.16. The molecule has 0 N–H and O–H groups in total. The molecule has 2 fully saturated rings. The summed E-state index contributed by atoms with van der Waals surface area (Å²) in [5.41, 5.74) is 2.01. The highest BCUT2D eigenvalue weighted by Crippen LogP contribution is 2.43. The van der Waals surface area contributed by atoms with E-state index >= 15 is 0 Å². The summed E-state index contributed by atoms with van der Waals surface area (Å²) in [5, 5.41) is -0.00246. The lowest BCUT2D eigenvalue weighted by Gasteiger charge is -2.48. The summed E-state index contributed by atoms with van der Waals surface area (Å²) in [7, 11) is 3.26. The molecule has 8 heteroatoms. The largest absolute Gasteiger partial charge is 0.497 e. The van der Waals surface area contributed by atoms with Crippen LogP contribution in [-0.2, 0) is 25.5 Å². The molecule has 1 aromatic carbocycles. The summed E-state index contributed by atoms with van der Waals surface area (Å²) in [6, 6.07) is 7.42. The normalized spacial score (nSPS) is 31.4. The number of allylic oxidation sites excluding steroid dienone is 3. The molecule has 3 heterocycles. The van der Waals surface area contributed by atoms with Crippen molar-refractivity contribution in [3.05, 3.63) is 53.6 Å². The maximum Gasteiger partial charge on any atom is 0.330 e. The Morgan fingerprint density at radius 1 is 1.11 bits per heavy atom. The van der Waals surface area contributed by atoms with Gasteiger partial charge >= 0.3 is 5.97 Å².